The molecule has 6 heteroatoms. The van der Waals surface area contributed by atoms with Crippen LogP contribution in [0.4, 0.5) is 11.4 Å². The van der Waals surface area contributed by atoms with E-state index in [-0.39, 0.29) is 5.69 Å². The van der Waals surface area contributed by atoms with Gasteiger partial charge in [0.2, 0.25) is 0 Å². The number of nitrogen functional groups attached to an aromatic ring is 1. The summed E-state index contributed by atoms with van der Waals surface area (Å²) in [7, 11) is 0. The minimum Gasteiger partial charge on any atom is -0.489 e. The fourth-order valence-electron chi connectivity index (χ4n) is 1.75. The van der Waals surface area contributed by atoms with Gasteiger partial charge in [0.1, 0.15) is 12.4 Å². The summed E-state index contributed by atoms with van der Waals surface area (Å²) in [6, 6.07) is 14.1. The van der Waals surface area contributed by atoms with E-state index in [9.17, 15) is 10.1 Å². The molecule has 0 aliphatic heterocycles. The van der Waals surface area contributed by atoms with Crippen molar-refractivity contribution in [1.82, 2.24) is 0 Å². The molecule has 0 amide bonds. The van der Waals surface area contributed by atoms with Crippen molar-refractivity contribution in [3.63, 3.8) is 0 Å². The van der Waals surface area contributed by atoms with Crippen molar-refractivity contribution in [3.8, 4) is 5.75 Å². The van der Waals surface area contributed by atoms with E-state index in [1.165, 1.54) is 12.1 Å². The fraction of sp³-hybridized carbons (Fsp3) is 0.0667. The van der Waals surface area contributed by atoms with Gasteiger partial charge >= 0.3 is 0 Å². The number of anilines is 1. The zero-order valence-corrected chi connectivity index (χ0v) is 11.2. The molecule has 0 atom stereocenters. The summed E-state index contributed by atoms with van der Waals surface area (Å²) >= 11 is 0. The smallest absolute Gasteiger partial charge is 0.275 e. The number of nitro groups is 1. The fourth-order valence-corrected chi connectivity index (χ4v) is 1.75. The van der Waals surface area contributed by atoms with E-state index in [1.54, 1.807) is 6.07 Å². The third-order valence-corrected chi connectivity index (χ3v) is 2.72. The van der Waals surface area contributed by atoms with Gasteiger partial charge in [0.25, 0.3) is 5.69 Å². The van der Waals surface area contributed by atoms with E-state index in [4.69, 9.17) is 10.6 Å². The van der Waals surface area contributed by atoms with Crippen molar-refractivity contribution < 1.29 is 9.66 Å². The minimum absolute atomic E-state index is 0.0764. The monoisotopic (exact) mass is 285 g/mol. The third kappa shape index (κ3) is 4.32. The van der Waals surface area contributed by atoms with Gasteiger partial charge in [0, 0.05) is 12.1 Å². The Bertz CT molecular complexity index is 642. The molecule has 0 radical (unpaired) electrons. The number of nitrogens with zero attached hydrogens (tertiary/aromatic N) is 1. The first-order valence-electron chi connectivity index (χ1n) is 6.29. The molecule has 0 spiro atoms. The van der Waals surface area contributed by atoms with Crippen molar-refractivity contribution in [3.05, 3.63) is 70.3 Å². The summed E-state index contributed by atoms with van der Waals surface area (Å²) in [6.07, 6.45) is 3.75. The Morgan fingerprint density at radius 3 is 2.67 bits per heavy atom. The number of hydrogen-bond acceptors (Lipinski definition) is 5. The Kier molecular flexibility index (Phi) is 4.89. The zero-order valence-electron chi connectivity index (χ0n) is 11.2. The first-order valence-corrected chi connectivity index (χ1v) is 6.29. The molecule has 2 rings (SSSR count). The quantitative estimate of drug-likeness (QED) is 0.483. The number of nitrogens with one attached hydrogen (secondary N) is 1. The lowest BCUT2D eigenvalue weighted by Crippen LogP contribution is -2.07. The average molecular weight is 285 g/mol. The van der Waals surface area contributed by atoms with Crippen LogP contribution in [-0.4, -0.2) is 11.5 Å². The summed E-state index contributed by atoms with van der Waals surface area (Å²) in [6.45, 7) is 0.306. The van der Waals surface area contributed by atoms with Gasteiger partial charge in [0.05, 0.1) is 16.7 Å². The molecule has 0 saturated carbocycles. The highest BCUT2D eigenvalue weighted by molar-refractivity contribution is 5.56. The van der Waals surface area contributed by atoms with Crippen LogP contribution >= 0.6 is 0 Å². The number of ether oxygens (including phenoxy) is 1. The summed E-state index contributed by atoms with van der Waals surface area (Å²) in [4.78, 5) is 10.3. The molecule has 0 aromatic heterocycles. The molecule has 6 nitrogen and oxygen atoms in total. The standard InChI is InChI=1S/C15H15N3O3/c16-17-13-9-14(18(19)20)11-15(10-13)21-8-4-7-12-5-2-1-3-6-12/h1-7,9-11,17H,8,16H2/b7-4+. The molecule has 0 saturated heterocycles. The summed E-state index contributed by atoms with van der Waals surface area (Å²) in [5.41, 5.74) is 3.78. The number of benzene rings is 2. The van der Waals surface area contributed by atoms with Crippen LogP contribution in [0.15, 0.2) is 54.6 Å². The van der Waals surface area contributed by atoms with Crippen LogP contribution in [0.1, 0.15) is 5.56 Å². The molecule has 0 aliphatic rings. The van der Waals surface area contributed by atoms with Gasteiger partial charge in [-0.15, -0.1) is 0 Å². The molecule has 0 fully saturated rings. The van der Waals surface area contributed by atoms with Gasteiger partial charge < -0.3 is 10.2 Å². The molecular weight excluding hydrogens is 270 g/mol. The first-order chi connectivity index (χ1) is 10.2. The normalized spacial score (nSPS) is 10.5. The number of hydrazine groups is 1. The molecule has 2 aromatic carbocycles. The molecule has 0 unspecified atom stereocenters. The number of rotatable bonds is 6. The van der Waals surface area contributed by atoms with Crippen molar-refractivity contribution >= 4 is 17.5 Å². The largest absolute Gasteiger partial charge is 0.489 e. The van der Waals surface area contributed by atoms with Crippen LogP contribution in [0.3, 0.4) is 0 Å². The molecular formula is C15H15N3O3. The van der Waals surface area contributed by atoms with Crippen molar-refractivity contribution in [2.45, 2.75) is 0 Å². The van der Waals surface area contributed by atoms with Gasteiger partial charge in [-0.25, -0.2) is 0 Å². The van der Waals surface area contributed by atoms with Gasteiger partial charge in [-0.3, -0.25) is 16.0 Å². The van der Waals surface area contributed by atoms with Crippen LogP contribution in [0.25, 0.3) is 6.08 Å². The predicted molar refractivity (Wildman–Crippen MR) is 81.9 cm³/mol. The van der Waals surface area contributed by atoms with Crippen LogP contribution in [-0.2, 0) is 0 Å². The zero-order chi connectivity index (χ0) is 15.1. The lowest BCUT2D eigenvalue weighted by molar-refractivity contribution is -0.384. The Morgan fingerprint density at radius 2 is 2.00 bits per heavy atom. The lowest BCUT2D eigenvalue weighted by atomic mass is 10.2. The van der Waals surface area contributed by atoms with E-state index in [0.717, 1.165) is 5.56 Å². The van der Waals surface area contributed by atoms with E-state index in [0.29, 0.717) is 18.0 Å². The minimum atomic E-state index is -0.493. The summed E-state index contributed by atoms with van der Waals surface area (Å²) < 4.78 is 5.47. The molecule has 3 N–H and O–H groups in total. The first kappa shape index (κ1) is 14.5. The summed E-state index contributed by atoms with van der Waals surface area (Å²) in [5.74, 6) is 5.66. The highest BCUT2D eigenvalue weighted by Gasteiger charge is 2.09. The molecule has 2 aromatic rings. The summed E-state index contributed by atoms with van der Waals surface area (Å²) in [5, 5.41) is 10.8. The van der Waals surface area contributed by atoms with E-state index in [2.05, 4.69) is 5.43 Å². The Labute approximate surface area is 122 Å². The topological polar surface area (TPSA) is 90.4 Å². The SMILES string of the molecule is NNc1cc(OC/C=C/c2ccccc2)cc([N+](=O)[O-])c1. The molecule has 21 heavy (non-hydrogen) atoms. The van der Waals surface area contributed by atoms with Crippen LogP contribution < -0.4 is 16.0 Å². The van der Waals surface area contributed by atoms with Crippen LogP contribution in [0, 0.1) is 10.1 Å². The van der Waals surface area contributed by atoms with Crippen molar-refractivity contribution in [1.29, 1.82) is 0 Å². The maximum atomic E-state index is 10.8. The van der Waals surface area contributed by atoms with E-state index >= 15 is 0 Å². The number of non-ortho nitro benzene ring substituents is 1. The number of hydrogen-bond donors (Lipinski definition) is 2. The molecule has 0 bridgehead atoms. The lowest BCUT2D eigenvalue weighted by Gasteiger charge is -2.06. The molecule has 0 aliphatic carbocycles. The predicted octanol–water partition coefficient (Wildman–Crippen LogP) is 2.97. The average Bonchev–Trinajstić information content (AvgIpc) is 2.52. The van der Waals surface area contributed by atoms with Gasteiger partial charge in [-0.1, -0.05) is 36.4 Å². The van der Waals surface area contributed by atoms with Crippen molar-refractivity contribution in [2.24, 2.45) is 5.84 Å². The van der Waals surface area contributed by atoms with Gasteiger partial charge in [-0.2, -0.15) is 0 Å². The highest BCUT2D eigenvalue weighted by Crippen LogP contribution is 2.25. The van der Waals surface area contributed by atoms with Crippen molar-refractivity contribution in [2.75, 3.05) is 12.0 Å². The van der Waals surface area contributed by atoms with E-state index in [1.807, 2.05) is 42.5 Å². The third-order valence-electron chi connectivity index (χ3n) is 2.72. The highest BCUT2D eigenvalue weighted by atomic mass is 16.6. The maximum absolute atomic E-state index is 10.8. The second-order valence-electron chi connectivity index (χ2n) is 4.24. The molecule has 0 heterocycles. The Balaban J connectivity index is 2.01. The van der Waals surface area contributed by atoms with E-state index < -0.39 is 4.92 Å². The maximum Gasteiger partial charge on any atom is 0.275 e. The van der Waals surface area contributed by atoms with Crippen LogP contribution in [0.2, 0.25) is 0 Å². The molecule has 108 valence electrons. The number of nitro benzene ring substituents is 1. The second kappa shape index (κ2) is 7.06. The Hall–Kier alpha value is -2.86. The van der Waals surface area contributed by atoms with Crippen LogP contribution in [0.5, 0.6) is 5.75 Å². The van der Waals surface area contributed by atoms with Gasteiger partial charge in [0.15, 0.2) is 0 Å². The Morgan fingerprint density at radius 1 is 1.24 bits per heavy atom. The number of nitrogens with two attached hydrogens (primary N) is 1. The second-order valence-corrected chi connectivity index (χ2v) is 4.24. The van der Waals surface area contributed by atoms with Gasteiger partial charge in [-0.05, 0) is 11.6 Å².